The Kier molecular flexibility index (Phi) is 3.88. The van der Waals surface area contributed by atoms with E-state index in [0.717, 1.165) is 0 Å². The van der Waals surface area contributed by atoms with Crippen LogP contribution in [-0.2, 0) is 6.61 Å². The lowest BCUT2D eigenvalue weighted by molar-refractivity contribution is -0.387. The van der Waals surface area contributed by atoms with Crippen LogP contribution >= 0.6 is 0 Å². The van der Waals surface area contributed by atoms with Gasteiger partial charge in [-0.15, -0.1) is 0 Å². The molecule has 0 spiro atoms. The van der Waals surface area contributed by atoms with Gasteiger partial charge in [0.2, 0.25) is 5.82 Å². The topological polar surface area (TPSA) is 52.4 Å². The van der Waals surface area contributed by atoms with E-state index in [2.05, 4.69) is 0 Å². The molecule has 0 radical (unpaired) electrons. The Labute approximate surface area is 111 Å². The summed E-state index contributed by atoms with van der Waals surface area (Å²) in [5, 5.41) is 10.4. The molecule has 4 nitrogen and oxygen atoms in total. The Bertz CT molecular complexity index is 644. The van der Waals surface area contributed by atoms with Crippen LogP contribution in [0.25, 0.3) is 0 Å². The van der Waals surface area contributed by atoms with Crippen LogP contribution in [0.5, 0.6) is 5.75 Å². The molecule has 2 aromatic rings. The predicted molar refractivity (Wildman–Crippen MR) is 63.7 cm³/mol. The van der Waals surface area contributed by atoms with Crippen molar-refractivity contribution in [1.29, 1.82) is 0 Å². The predicted octanol–water partition coefficient (Wildman–Crippen LogP) is 3.59. The molecule has 0 atom stereocenters. The minimum absolute atomic E-state index is 0.117. The van der Waals surface area contributed by atoms with Gasteiger partial charge in [-0.05, 0) is 17.7 Å². The van der Waals surface area contributed by atoms with Crippen LogP contribution in [0.15, 0.2) is 36.4 Å². The molecule has 2 rings (SSSR count). The van der Waals surface area contributed by atoms with Crippen molar-refractivity contribution in [2.75, 3.05) is 0 Å². The third kappa shape index (κ3) is 3.05. The van der Waals surface area contributed by atoms with Gasteiger partial charge in [0.1, 0.15) is 12.4 Å². The smallest absolute Gasteiger partial charge is 0.307 e. The molecule has 0 saturated heterocycles. The highest BCUT2D eigenvalue weighted by molar-refractivity contribution is 5.39. The maximum absolute atomic E-state index is 13.5. The van der Waals surface area contributed by atoms with Crippen molar-refractivity contribution in [2.24, 2.45) is 0 Å². The molecule has 0 amide bonds. The van der Waals surface area contributed by atoms with Crippen molar-refractivity contribution < 1.29 is 22.8 Å². The van der Waals surface area contributed by atoms with Gasteiger partial charge in [0.15, 0.2) is 11.6 Å². The first-order chi connectivity index (χ1) is 9.47. The van der Waals surface area contributed by atoms with E-state index in [1.807, 2.05) is 0 Å². The molecule has 0 aliphatic rings. The van der Waals surface area contributed by atoms with Crippen LogP contribution in [0.1, 0.15) is 5.56 Å². The van der Waals surface area contributed by atoms with E-state index in [9.17, 15) is 23.3 Å². The average Bonchev–Trinajstić information content (AvgIpc) is 2.41. The molecule has 0 saturated carbocycles. The van der Waals surface area contributed by atoms with E-state index in [1.54, 1.807) is 0 Å². The number of hydrogen-bond donors (Lipinski definition) is 0. The summed E-state index contributed by atoms with van der Waals surface area (Å²) in [5.41, 5.74) is -0.416. The van der Waals surface area contributed by atoms with E-state index in [1.165, 1.54) is 24.3 Å². The van der Waals surface area contributed by atoms with E-state index in [4.69, 9.17) is 4.74 Å². The highest BCUT2D eigenvalue weighted by atomic mass is 19.1. The van der Waals surface area contributed by atoms with Crippen molar-refractivity contribution in [3.05, 3.63) is 69.5 Å². The summed E-state index contributed by atoms with van der Waals surface area (Å²) >= 11 is 0. The Morgan fingerprint density at radius 3 is 2.30 bits per heavy atom. The molecule has 2 aromatic carbocycles. The number of halogens is 3. The van der Waals surface area contributed by atoms with Crippen LogP contribution in [0, 0.1) is 27.6 Å². The largest absolute Gasteiger partial charge is 0.486 e. The monoisotopic (exact) mass is 283 g/mol. The standard InChI is InChI=1S/C13H8F3NO3/c14-9-3-1-8(2-4-9)7-20-13-6-10(15)12(17(18)19)5-11(13)16/h1-6H,7H2. The molecule has 0 fully saturated rings. The number of ether oxygens (including phenoxy) is 1. The van der Waals surface area contributed by atoms with Crippen LogP contribution in [-0.4, -0.2) is 4.92 Å². The molecule has 0 unspecified atom stereocenters. The highest BCUT2D eigenvalue weighted by Gasteiger charge is 2.19. The zero-order chi connectivity index (χ0) is 14.7. The number of nitro benzene ring substituents is 1. The van der Waals surface area contributed by atoms with Crippen LogP contribution < -0.4 is 4.74 Å². The number of hydrogen-bond acceptors (Lipinski definition) is 3. The van der Waals surface area contributed by atoms with E-state index >= 15 is 0 Å². The zero-order valence-corrected chi connectivity index (χ0v) is 9.98. The van der Waals surface area contributed by atoms with Gasteiger partial charge >= 0.3 is 5.69 Å². The first kappa shape index (κ1) is 13.9. The Morgan fingerprint density at radius 2 is 1.70 bits per heavy atom. The van der Waals surface area contributed by atoms with Gasteiger partial charge in [0.05, 0.1) is 11.0 Å². The molecule has 20 heavy (non-hydrogen) atoms. The minimum Gasteiger partial charge on any atom is -0.486 e. The summed E-state index contributed by atoms with van der Waals surface area (Å²) in [6.07, 6.45) is 0. The van der Waals surface area contributed by atoms with Gasteiger partial charge < -0.3 is 4.74 Å². The lowest BCUT2D eigenvalue weighted by Gasteiger charge is -2.07. The summed E-state index contributed by atoms with van der Waals surface area (Å²) < 4.78 is 44.5. The number of rotatable bonds is 4. The SMILES string of the molecule is O=[N+]([O-])c1cc(F)c(OCc2ccc(F)cc2)cc1F. The van der Waals surface area contributed by atoms with E-state index < -0.39 is 33.8 Å². The van der Waals surface area contributed by atoms with Crippen LogP contribution in [0.3, 0.4) is 0 Å². The number of nitro groups is 1. The second-order valence-electron chi connectivity index (χ2n) is 3.91. The summed E-state index contributed by atoms with van der Waals surface area (Å²) in [6, 6.07) is 6.31. The van der Waals surface area contributed by atoms with Gasteiger partial charge in [-0.1, -0.05) is 12.1 Å². The van der Waals surface area contributed by atoms with Crippen molar-refractivity contribution in [2.45, 2.75) is 6.61 Å². The molecule has 7 heteroatoms. The Hall–Kier alpha value is -2.57. The maximum atomic E-state index is 13.5. The average molecular weight is 283 g/mol. The zero-order valence-electron chi connectivity index (χ0n) is 9.98. The quantitative estimate of drug-likeness (QED) is 0.636. The third-order valence-electron chi connectivity index (χ3n) is 2.51. The molecule has 104 valence electrons. The van der Waals surface area contributed by atoms with E-state index in [0.29, 0.717) is 17.7 Å². The lowest BCUT2D eigenvalue weighted by Crippen LogP contribution is -2.00. The number of nitrogens with zero attached hydrogens (tertiary/aromatic N) is 1. The molecule has 0 bridgehead atoms. The van der Waals surface area contributed by atoms with Gasteiger partial charge in [0, 0.05) is 6.07 Å². The molecular formula is C13H8F3NO3. The second kappa shape index (κ2) is 5.60. The van der Waals surface area contributed by atoms with Crippen molar-refractivity contribution in [3.63, 3.8) is 0 Å². The molecular weight excluding hydrogens is 275 g/mol. The first-order valence-electron chi connectivity index (χ1n) is 5.48. The van der Waals surface area contributed by atoms with Gasteiger partial charge in [-0.3, -0.25) is 10.1 Å². The summed E-state index contributed by atoms with van der Waals surface area (Å²) in [6.45, 7) is -0.117. The minimum atomic E-state index is -1.19. The fourth-order valence-corrected chi connectivity index (χ4v) is 1.51. The van der Waals surface area contributed by atoms with Crippen LogP contribution in [0.4, 0.5) is 18.9 Å². The van der Waals surface area contributed by atoms with Crippen LogP contribution in [0.2, 0.25) is 0 Å². The van der Waals surface area contributed by atoms with Crippen molar-refractivity contribution in [1.82, 2.24) is 0 Å². The summed E-state index contributed by atoms with van der Waals surface area (Å²) in [7, 11) is 0. The number of benzene rings is 2. The van der Waals surface area contributed by atoms with E-state index in [-0.39, 0.29) is 6.61 Å². The fraction of sp³-hybridized carbons (Fsp3) is 0.0769. The molecule has 0 heterocycles. The second-order valence-corrected chi connectivity index (χ2v) is 3.91. The Balaban J connectivity index is 2.16. The normalized spacial score (nSPS) is 10.3. The molecule has 0 N–H and O–H groups in total. The first-order valence-corrected chi connectivity index (χ1v) is 5.48. The highest BCUT2D eigenvalue weighted by Crippen LogP contribution is 2.26. The van der Waals surface area contributed by atoms with Crippen molar-refractivity contribution >= 4 is 5.69 Å². The summed E-state index contributed by atoms with van der Waals surface area (Å²) in [4.78, 5) is 9.39. The van der Waals surface area contributed by atoms with Crippen molar-refractivity contribution in [3.8, 4) is 5.75 Å². The molecule has 0 aliphatic carbocycles. The van der Waals surface area contributed by atoms with Gasteiger partial charge in [-0.25, -0.2) is 8.78 Å². The fourth-order valence-electron chi connectivity index (χ4n) is 1.51. The third-order valence-corrected chi connectivity index (χ3v) is 2.51. The lowest BCUT2D eigenvalue weighted by atomic mass is 10.2. The van der Waals surface area contributed by atoms with Gasteiger partial charge in [0.25, 0.3) is 0 Å². The van der Waals surface area contributed by atoms with Gasteiger partial charge in [-0.2, -0.15) is 4.39 Å². The maximum Gasteiger partial charge on any atom is 0.307 e. The molecule has 0 aliphatic heterocycles. The Morgan fingerprint density at radius 1 is 1.05 bits per heavy atom. The summed E-state index contributed by atoms with van der Waals surface area (Å²) in [5.74, 6) is -3.11. The molecule has 0 aromatic heterocycles.